The van der Waals surface area contributed by atoms with Crippen LogP contribution in [0.1, 0.15) is 28.8 Å². The van der Waals surface area contributed by atoms with Gasteiger partial charge in [-0.1, -0.05) is 17.7 Å². The molecule has 0 aliphatic carbocycles. The van der Waals surface area contributed by atoms with Crippen LogP contribution in [0.15, 0.2) is 24.3 Å². The lowest BCUT2D eigenvalue weighted by molar-refractivity contribution is -0.108. The van der Waals surface area contributed by atoms with Crippen molar-refractivity contribution in [1.82, 2.24) is 10.2 Å². The number of hydrogen-bond donors (Lipinski definition) is 2. The van der Waals surface area contributed by atoms with Gasteiger partial charge in [-0.2, -0.15) is 0 Å². The number of benzene rings is 1. The summed E-state index contributed by atoms with van der Waals surface area (Å²) < 4.78 is 0. The summed E-state index contributed by atoms with van der Waals surface area (Å²) in [5.74, 6) is 0.223. The molecule has 1 aromatic carbocycles. The van der Waals surface area contributed by atoms with Crippen LogP contribution >= 0.6 is 0 Å². The molecule has 3 fully saturated rings. The Balaban J connectivity index is 1.61. The Morgan fingerprint density at radius 1 is 1.35 bits per heavy atom. The molecule has 0 aromatic heterocycles. The Morgan fingerprint density at radius 3 is 2.55 bits per heavy atom. The van der Waals surface area contributed by atoms with Crippen LogP contribution in [0.25, 0.3) is 0 Å². The predicted octanol–water partition coefficient (Wildman–Crippen LogP) is 1.18. The van der Waals surface area contributed by atoms with Crippen LogP contribution < -0.4 is 5.32 Å². The summed E-state index contributed by atoms with van der Waals surface area (Å²) in [5, 5.41) is 13.6. The van der Waals surface area contributed by atoms with Crippen molar-refractivity contribution in [2.75, 3.05) is 26.2 Å². The fourth-order valence-electron chi connectivity index (χ4n) is 3.39. The molecule has 1 aromatic rings. The zero-order valence-electron chi connectivity index (χ0n) is 11.9. The molecular formula is C16H22N2O2. The minimum Gasteiger partial charge on any atom is -0.386 e. The summed E-state index contributed by atoms with van der Waals surface area (Å²) in [6.45, 7) is 5.20. The van der Waals surface area contributed by atoms with Gasteiger partial charge in [0.2, 0.25) is 0 Å². The van der Waals surface area contributed by atoms with E-state index in [1.54, 1.807) is 0 Å². The van der Waals surface area contributed by atoms with Crippen LogP contribution in [0.5, 0.6) is 0 Å². The molecule has 20 heavy (non-hydrogen) atoms. The largest absolute Gasteiger partial charge is 0.386 e. The zero-order chi connectivity index (χ0) is 14.2. The molecule has 0 spiro atoms. The van der Waals surface area contributed by atoms with Crippen molar-refractivity contribution in [2.24, 2.45) is 5.92 Å². The molecule has 4 nitrogen and oxygen atoms in total. The van der Waals surface area contributed by atoms with E-state index in [-0.39, 0.29) is 5.91 Å². The van der Waals surface area contributed by atoms with Gasteiger partial charge in [0.15, 0.2) is 0 Å². The molecular weight excluding hydrogens is 252 g/mol. The Morgan fingerprint density at radius 2 is 2.00 bits per heavy atom. The van der Waals surface area contributed by atoms with Crippen molar-refractivity contribution in [2.45, 2.75) is 25.4 Å². The summed E-state index contributed by atoms with van der Waals surface area (Å²) in [4.78, 5) is 14.4. The van der Waals surface area contributed by atoms with Gasteiger partial charge < -0.3 is 15.3 Å². The predicted molar refractivity (Wildman–Crippen MR) is 77.6 cm³/mol. The average molecular weight is 274 g/mol. The fourth-order valence-corrected chi connectivity index (χ4v) is 3.39. The number of hydrogen-bond acceptors (Lipinski definition) is 3. The number of aliphatic hydroxyl groups is 1. The fraction of sp³-hybridized carbons (Fsp3) is 0.562. The van der Waals surface area contributed by atoms with Gasteiger partial charge in [-0.25, -0.2) is 0 Å². The maximum Gasteiger partial charge on any atom is 0.251 e. The van der Waals surface area contributed by atoms with E-state index in [2.05, 4.69) is 10.2 Å². The molecule has 4 rings (SSSR count). The van der Waals surface area contributed by atoms with Crippen molar-refractivity contribution in [1.29, 1.82) is 0 Å². The Labute approximate surface area is 119 Å². The summed E-state index contributed by atoms with van der Waals surface area (Å²) in [7, 11) is 0. The van der Waals surface area contributed by atoms with E-state index in [0.29, 0.717) is 24.6 Å². The smallest absolute Gasteiger partial charge is 0.251 e. The van der Waals surface area contributed by atoms with Gasteiger partial charge in [-0.15, -0.1) is 0 Å². The molecule has 0 saturated carbocycles. The number of fused-ring (bicyclic) bond motifs is 3. The second kappa shape index (κ2) is 5.19. The molecule has 3 heterocycles. The van der Waals surface area contributed by atoms with E-state index in [0.717, 1.165) is 31.5 Å². The van der Waals surface area contributed by atoms with Crippen LogP contribution in [0.2, 0.25) is 0 Å². The summed E-state index contributed by atoms with van der Waals surface area (Å²) >= 11 is 0. The lowest BCUT2D eigenvalue weighted by Gasteiger charge is -2.50. The highest BCUT2D eigenvalue weighted by Gasteiger charge is 2.45. The first-order chi connectivity index (χ1) is 9.57. The number of carbonyl (C=O) groups is 1. The molecule has 1 amide bonds. The third-order valence-electron chi connectivity index (χ3n) is 4.71. The van der Waals surface area contributed by atoms with Gasteiger partial charge in [0.1, 0.15) is 0 Å². The normalized spacial score (nSPS) is 32.1. The monoisotopic (exact) mass is 274 g/mol. The van der Waals surface area contributed by atoms with Crippen molar-refractivity contribution in [3.05, 3.63) is 35.4 Å². The number of nitrogens with zero attached hydrogens (tertiary/aromatic N) is 1. The van der Waals surface area contributed by atoms with Gasteiger partial charge >= 0.3 is 0 Å². The molecule has 3 saturated heterocycles. The molecule has 2 N–H and O–H groups in total. The average Bonchev–Trinajstić information content (AvgIpc) is 2.47. The number of carbonyl (C=O) groups excluding carboxylic acids is 1. The van der Waals surface area contributed by atoms with Gasteiger partial charge in [0.25, 0.3) is 5.91 Å². The molecule has 1 unspecified atom stereocenters. The standard InChI is InChI=1S/C16H22N2O2/c1-12-2-4-13(5-3-12)15(19)17-10-16(20)11-18-8-6-14(16)7-9-18/h2-5,14,20H,6-11H2,1H3,(H,17,19). The Kier molecular flexibility index (Phi) is 3.52. The minimum atomic E-state index is -0.753. The Hall–Kier alpha value is -1.39. The lowest BCUT2D eigenvalue weighted by atomic mass is 9.75. The first-order valence-corrected chi connectivity index (χ1v) is 7.36. The second-order valence-electron chi connectivity index (χ2n) is 6.20. The Bertz CT molecular complexity index is 492. The van der Waals surface area contributed by atoms with Gasteiger partial charge in [0.05, 0.1) is 5.60 Å². The molecule has 3 aliphatic heterocycles. The van der Waals surface area contributed by atoms with Crippen molar-refractivity contribution >= 4 is 5.91 Å². The topological polar surface area (TPSA) is 52.6 Å². The summed E-state index contributed by atoms with van der Waals surface area (Å²) in [6.07, 6.45) is 2.08. The van der Waals surface area contributed by atoms with Crippen LogP contribution in [0, 0.1) is 12.8 Å². The van der Waals surface area contributed by atoms with E-state index in [4.69, 9.17) is 0 Å². The summed E-state index contributed by atoms with van der Waals surface area (Å²) in [5.41, 5.74) is 1.04. The lowest BCUT2D eigenvalue weighted by Crippen LogP contribution is -2.63. The third-order valence-corrected chi connectivity index (χ3v) is 4.71. The molecule has 108 valence electrons. The number of aryl methyl sites for hydroxylation is 1. The highest BCUT2D eigenvalue weighted by atomic mass is 16.3. The van der Waals surface area contributed by atoms with E-state index in [1.807, 2.05) is 31.2 Å². The van der Waals surface area contributed by atoms with Crippen LogP contribution in [0.3, 0.4) is 0 Å². The number of amides is 1. The molecule has 4 heteroatoms. The van der Waals surface area contributed by atoms with Crippen LogP contribution in [-0.2, 0) is 0 Å². The summed E-state index contributed by atoms with van der Waals surface area (Å²) in [6, 6.07) is 7.51. The molecule has 1 atom stereocenters. The third kappa shape index (κ3) is 2.58. The first kappa shape index (κ1) is 13.6. The highest BCUT2D eigenvalue weighted by Crippen LogP contribution is 2.35. The van der Waals surface area contributed by atoms with E-state index < -0.39 is 5.60 Å². The number of piperidine rings is 3. The van der Waals surface area contributed by atoms with Crippen LogP contribution in [0.4, 0.5) is 0 Å². The van der Waals surface area contributed by atoms with Crippen LogP contribution in [-0.4, -0.2) is 47.7 Å². The van der Waals surface area contributed by atoms with E-state index in [1.165, 1.54) is 0 Å². The van der Waals surface area contributed by atoms with E-state index >= 15 is 0 Å². The maximum absolute atomic E-state index is 12.1. The minimum absolute atomic E-state index is 0.102. The zero-order valence-corrected chi connectivity index (χ0v) is 11.9. The van der Waals surface area contributed by atoms with Gasteiger partial charge in [0, 0.05) is 18.7 Å². The first-order valence-electron chi connectivity index (χ1n) is 7.36. The van der Waals surface area contributed by atoms with Crippen molar-refractivity contribution < 1.29 is 9.90 Å². The molecule has 0 radical (unpaired) electrons. The highest BCUT2D eigenvalue weighted by molar-refractivity contribution is 5.94. The van der Waals surface area contributed by atoms with Gasteiger partial charge in [-0.05, 0) is 50.9 Å². The second-order valence-corrected chi connectivity index (χ2v) is 6.20. The van der Waals surface area contributed by atoms with E-state index in [9.17, 15) is 9.90 Å². The maximum atomic E-state index is 12.1. The van der Waals surface area contributed by atoms with Crippen molar-refractivity contribution in [3.8, 4) is 0 Å². The number of nitrogens with one attached hydrogen (secondary N) is 1. The van der Waals surface area contributed by atoms with Crippen molar-refractivity contribution in [3.63, 3.8) is 0 Å². The quantitative estimate of drug-likeness (QED) is 0.870. The van der Waals surface area contributed by atoms with Gasteiger partial charge in [-0.3, -0.25) is 4.79 Å². The molecule has 2 bridgehead atoms. The SMILES string of the molecule is Cc1ccc(C(=O)NCC2(O)CN3CCC2CC3)cc1. The number of rotatable bonds is 3. The molecule has 3 aliphatic rings.